The molecule has 0 atom stereocenters. The second-order valence-electron chi connectivity index (χ2n) is 3.47. The second kappa shape index (κ2) is 6.20. The average molecular weight is 188 g/mol. The van der Waals surface area contributed by atoms with Crippen LogP contribution < -0.4 is 0 Å². The van der Waals surface area contributed by atoms with Crippen LogP contribution in [0, 0.1) is 0 Å². The third-order valence-corrected chi connectivity index (χ3v) is 2.04. The van der Waals surface area contributed by atoms with E-state index in [4.69, 9.17) is 0 Å². The zero-order valence-corrected chi connectivity index (χ0v) is 9.72. The Hall–Kier alpha value is -1.30. The summed E-state index contributed by atoms with van der Waals surface area (Å²) < 4.78 is 0. The van der Waals surface area contributed by atoms with Crippen molar-refractivity contribution in [3.63, 3.8) is 0 Å². The van der Waals surface area contributed by atoms with Gasteiger partial charge in [0.1, 0.15) is 0 Å². The lowest BCUT2D eigenvalue weighted by Gasteiger charge is -2.07. The van der Waals surface area contributed by atoms with Crippen LogP contribution in [-0.4, -0.2) is 0 Å². The molecule has 0 aliphatic carbocycles. The van der Waals surface area contributed by atoms with Gasteiger partial charge in [-0.1, -0.05) is 43.0 Å². The number of hydrogen-bond donors (Lipinski definition) is 0. The Morgan fingerprint density at radius 2 is 1.50 bits per heavy atom. The molecule has 0 saturated heterocycles. The van der Waals surface area contributed by atoms with Crippen LogP contribution >= 0.6 is 0 Å². The van der Waals surface area contributed by atoms with Crippen LogP contribution in [0.3, 0.4) is 0 Å². The van der Waals surface area contributed by atoms with E-state index in [0.29, 0.717) is 0 Å². The lowest BCUT2D eigenvalue weighted by atomic mass is 9.98. The summed E-state index contributed by atoms with van der Waals surface area (Å²) in [5.74, 6) is 0. The van der Waals surface area contributed by atoms with Gasteiger partial charge >= 0.3 is 0 Å². The van der Waals surface area contributed by atoms with E-state index >= 15 is 0 Å². The van der Waals surface area contributed by atoms with Crippen molar-refractivity contribution in [2.45, 2.75) is 27.7 Å². The molecular formula is C14H20. The van der Waals surface area contributed by atoms with Gasteiger partial charge in [0, 0.05) is 0 Å². The molecule has 14 heavy (non-hydrogen) atoms. The Balaban J connectivity index is 5.51. The molecule has 0 bridgehead atoms. The van der Waals surface area contributed by atoms with E-state index in [-0.39, 0.29) is 0 Å². The van der Waals surface area contributed by atoms with Gasteiger partial charge in [0.15, 0.2) is 0 Å². The van der Waals surface area contributed by atoms with Gasteiger partial charge < -0.3 is 0 Å². The fraction of sp³-hybridized carbons (Fsp3) is 0.286. The number of hydrogen-bond acceptors (Lipinski definition) is 0. The highest BCUT2D eigenvalue weighted by molar-refractivity contribution is 5.50. The van der Waals surface area contributed by atoms with Crippen molar-refractivity contribution >= 4 is 0 Å². The highest BCUT2D eigenvalue weighted by Gasteiger charge is 1.99. The maximum atomic E-state index is 3.79. The van der Waals surface area contributed by atoms with E-state index in [2.05, 4.69) is 46.1 Å². The third kappa shape index (κ3) is 3.61. The van der Waals surface area contributed by atoms with Gasteiger partial charge in [-0.05, 0) is 44.4 Å². The largest absolute Gasteiger partial charge is 0.0984 e. The molecule has 0 heteroatoms. The predicted molar refractivity (Wildman–Crippen MR) is 66.3 cm³/mol. The lowest BCUT2D eigenvalue weighted by Crippen LogP contribution is -1.87. The molecule has 0 amide bonds. The van der Waals surface area contributed by atoms with Gasteiger partial charge in [-0.3, -0.25) is 0 Å². The van der Waals surface area contributed by atoms with Crippen LogP contribution in [0.25, 0.3) is 0 Å². The average Bonchev–Trinajstić information content (AvgIpc) is 2.16. The molecule has 0 aromatic heterocycles. The quantitative estimate of drug-likeness (QED) is 0.566. The Labute approximate surface area is 88.0 Å². The fourth-order valence-electron chi connectivity index (χ4n) is 1.17. The van der Waals surface area contributed by atoms with E-state index in [1.807, 2.05) is 19.1 Å². The molecule has 0 aliphatic heterocycles. The van der Waals surface area contributed by atoms with Gasteiger partial charge in [0.05, 0.1) is 0 Å². The molecule has 0 aromatic carbocycles. The van der Waals surface area contributed by atoms with E-state index < -0.39 is 0 Å². The van der Waals surface area contributed by atoms with Crippen LogP contribution in [0.1, 0.15) is 27.7 Å². The minimum absolute atomic E-state index is 1.08. The molecule has 0 aliphatic rings. The first kappa shape index (κ1) is 12.7. The zero-order valence-electron chi connectivity index (χ0n) is 9.72. The molecule has 0 saturated carbocycles. The fourth-order valence-corrected chi connectivity index (χ4v) is 1.17. The molecule has 0 fully saturated rings. The van der Waals surface area contributed by atoms with Gasteiger partial charge in [0.2, 0.25) is 0 Å². The van der Waals surface area contributed by atoms with E-state index in [1.165, 1.54) is 16.7 Å². The molecule has 0 nitrogen and oxygen atoms in total. The molecule has 76 valence electrons. The summed E-state index contributed by atoms with van der Waals surface area (Å²) in [5, 5.41) is 0. The molecular weight excluding hydrogens is 168 g/mol. The smallest absolute Gasteiger partial charge is 0.0159 e. The monoisotopic (exact) mass is 188 g/mol. The summed E-state index contributed by atoms with van der Waals surface area (Å²) in [5.41, 5.74) is 4.82. The van der Waals surface area contributed by atoms with Crippen molar-refractivity contribution in [3.8, 4) is 0 Å². The molecule has 0 aromatic rings. The topological polar surface area (TPSA) is 0 Å². The number of rotatable bonds is 4. The Morgan fingerprint density at radius 3 is 1.79 bits per heavy atom. The van der Waals surface area contributed by atoms with Gasteiger partial charge in [-0.25, -0.2) is 0 Å². The molecule has 0 spiro atoms. The first-order chi connectivity index (χ1) is 6.56. The van der Waals surface area contributed by atoms with Crippen molar-refractivity contribution in [1.82, 2.24) is 0 Å². The Kier molecular flexibility index (Phi) is 5.62. The molecule has 0 unspecified atom stereocenters. The van der Waals surface area contributed by atoms with Gasteiger partial charge in [-0.15, -0.1) is 0 Å². The second-order valence-corrected chi connectivity index (χ2v) is 3.47. The van der Waals surface area contributed by atoms with Crippen LogP contribution in [0.2, 0.25) is 0 Å². The van der Waals surface area contributed by atoms with Crippen molar-refractivity contribution in [2.75, 3.05) is 0 Å². The normalized spacial score (nSPS) is 10.4. The molecule has 0 rings (SSSR count). The van der Waals surface area contributed by atoms with Gasteiger partial charge in [-0.2, -0.15) is 0 Å². The maximum absolute atomic E-state index is 3.79. The minimum atomic E-state index is 1.08. The zero-order chi connectivity index (χ0) is 11.1. The summed E-state index contributed by atoms with van der Waals surface area (Å²) in [4.78, 5) is 0. The van der Waals surface area contributed by atoms with Crippen LogP contribution in [0.4, 0.5) is 0 Å². The maximum Gasteiger partial charge on any atom is -0.0159 e. The minimum Gasteiger partial charge on any atom is -0.0984 e. The van der Waals surface area contributed by atoms with Crippen LogP contribution in [0.5, 0.6) is 0 Å². The van der Waals surface area contributed by atoms with E-state index in [0.717, 1.165) is 5.57 Å². The van der Waals surface area contributed by atoms with Crippen molar-refractivity contribution < 1.29 is 0 Å². The molecule has 0 radical (unpaired) electrons. The molecule has 0 N–H and O–H groups in total. The number of allylic oxidation sites excluding steroid dienone is 8. The predicted octanol–water partition coefficient (Wildman–Crippen LogP) is 4.59. The van der Waals surface area contributed by atoms with Crippen molar-refractivity contribution in [1.29, 1.82) is 0 Å². The summed E-state index contributed by atoms with van der Waals surface area (Å²) in [6.07, 6.45) is 7.94. The third-order valence-electron chi connectivity index (χ3n) is 2.04. The summed E-state index contributed by atoms with van der Waals surface area (Å²) in [6.45, 7) is 15.9. The Bertz CT molecular complexity index is 295. The first-order valence-electron chi connectivity index (χ1n) is 4.84. The highest BCUT2D eigenvalue weighted by Crippen LogP contribution is 2.19. The summed E-state index contributed by atoms with van der Waals surface area (Å²) >= 11 is 0. The SMILES string of the molecule is C=CC(C=C)=C(C=C(C)C)/C(C)=C\C. The Morgan fingerprint density at radius 1 is 1.00 bits per heavy atom. The summed E-state index contributed by atoms with van der Waals surface area (Å²) in [6, 6.07) is 0. The van der Waals surface area contributed by atoms with Crippen LogP contribution in [-0.2, 0) is 0 Å². The van der Waals surface area contributed by atoms with E-state index in [1.54, 1.807) is 0 Å². The molecule has 0 heterocycles. The first-order valence-corrected chi connectivity index (χ1v) is 4.84. The van der Waals surface area contributed by atoms with Crippen molar-refractivity contribution in [2.24, 2.45) is 0 Å². The highest BCUT2D eigenvalue weighted by atomic mass is 14.0. The van der Waals surface area contributed by atoms with Crippen molar-refractivity contribution in [3.05, 3.63) is 59.8 Å². The van der Waals surface area contributed by atoms with Crippen LogP contribution in [0.15, 0.2) is 59.8 Å². The lowest BCUT2D eigenvalue weighted by molar-refractivity contribution is 1.31. The standard InChI is InChI=1S/C14H20/c1-7-12(6)14(10-11(4)5)13(8-2)9-3/h7-10H,2-3H2,1,4-6H3/b12-7-. The van der Waals surface area contributed by atoms with Gasteiger partial charge in [0.25, 0.3) is 0 Å². The summed E-state index contributed by atoms with van der Waals surface area (Å²) in [7, 11) is 0. The van der Waals surface area contributed by atoms with E-state index in [9.17, 15) is 0 Å².